The number of nitrogens with one attached hydrogen (secondary N) is 2. The van der Waals surface area contributed by atoms with Gasteiger partial charge in [0.15, 0.2) is 6.04 Å². The average Bonchev–Trinajstić information content (AvgIpc) is 2.94. The zero-order valence-electron chi connectivity index (χ0n) is 15.0. The van der Waals surface area contributed by atoms with Gasteiger partial charge in [-0.1, -0.05) is 27.7 Å². The molecule has 0 amide bonds. The van der Waals surface area contributed by atoms with Gasteiger partial charge in [-0.25, -0.2) is 4.68 Å². The monoisotopic (exact) mass is 310 g/mol. The number of nitrogens with zero attached hydrogens (tertiary/aromatic N) is 4. The van der Waals surface area contributed by atoms with Gasteiger partial charge >= 0.3 is 0 Å². The van der Waals surface area contributed by atoms with Crippen LogP contribution in [0.15, 0.2) is 0 Å². The van der Waals surface area contributed by atoms with Crippen LogP contribution in [-0.4, -0.2) is 52.9 Å². The summed E-state index contributed by atoms with van der Waals surface area (Å²) in [7, 11) is 0. The molecule has 0 radical (unpaired) electrons. The predicted octanol–water partition coefficient (Wildman–Crippen LogP) is -0.780. The van der Waals surface area contributed by atoms with Crippen molar-refractivity contribution in [2.24, 2.45) is 11.8 Å². The first kappa shape index (κ1) is 17.3. The highest BCUT2D eigenvalue weighted by Crippen LogP contribution is 2.16. The van der Waals surface area contributed by atoms with Crippen molar-refractivity contribution in [3.8, 4) is 0 Å². The van der Waals surface area contributed by atoms with Crippen molar-refractivity contribution in [3.63, 3.8) is 0 Å². The van der Waals surface area contributed by atoms with Crippen LogP contribution in [0, 0.1) is 11.8 Å². The molecule has 1 saturated heterocycles. The maximum atomic E-state index is 4.40. The van der Waals surface area contributed by atoms with Crippen molar-refractivity contribution >= 4 is 0 Å². The Bertz CT molecular complexity index is 434. The number of hydrogen-bond acceptors (Lipinski definition) is 3. The first-order valence-electron chi connectivity index (χ1n) is 8.97. The van der Waals surface area contributed by atoms with Crippen LogP contribution in [-0.2, 0) is 6.54 Å². The lowest BCUT2D eigenvalue weighted by Gasteiger charge is -2.35. The fourth-order valence-electron chi connectivity index (χ4n) is 3.52. The maximum Gasteiger partial charge on any atom is 0.209 e. The standard InChI is InChI=1S/C16H32N6/c1-6-20-9-11-21(12-10-20)15(14(4)5)16-17-18-19-22(16)8-7-13(2)3/h13-15H,6-12H2,1-5H3/p+2/t15-/m0/s1. The first-order chi connectivity index (χ1) is 10.5. The van der Waals surface area contributed by atoms with Gasteiger partial charge in [-0.15, -0.1) is 5.10 Å². The second-order valence-electron chi connectivity index (χ2n) is 7.43. The number of rotatable bonds is 7. The largest absolute Gasteiger partial charge is 0.326 e. The van der Waals surface area contributed by atoms with Crippen LogP contribution in [0.5, 0.6) is 0 Å². The Morgan fingerprint density at radius 1 is 1.09 bits per heavy atom. The Labute approximate surface area is 134 Å². The Morgan fingerprint density at radius 3 is 2.32 bits per heavy atom. The molecule has 6 nitrogen and oxygen atoms in total. The molecule has 1 atom stereocenters. The van der Waals surface area contributed by atoms with Gasteiger partial charge in [0.25, 0.3) is 0 Å². The predicted molar refractivity (Wildman–Crippen MR) is 86.8 cm³/mol. The number of likely N-dealkylation sites (N-methyl/N-ethyl adjacent to an activating group) is 1. The number of aromatic nitrogens is 4. The lowest BCUT2D eigenvalue weighted by atomic mass is 10.0. The number of piperazine rings is 1. The van der Waals surface area contributed by atoms with Crippen molar-refractivity contribution < 1.29 is 9.80 Å². The number of quaternary nitrogens is 2. The topological polar surface area (TPSA) is 52.5 Å². The van der Waals surface area contributed by atoms with E-state index in [1.807, 2.05) is 0 Å². The third-order valence-corrected chi connectivity index (χ3v) is 4.96. The van der Waals surface area contributed by atoms with Gasteiger partial charge in [-0.3, -0.25) is 0 Å². The van der Waals surface area contributed by atoms with Gasteiger partial charge in [0, 0.05) is 12.5 Å². The molecule has 0 unspecified atom stereocenters. The molecule has 6 heteroatoms. The summed E-state index contributed by atoms with van der Waals surface area (Å²) in [5.41, 5.74) is 0. The summed E-state index contributed by atoms with van der Waals surface area (Å²) in [5, 5.41) is 12.6. The molecule has 1 aromatic heterocycles. The summed E-state index contributed by atoms with van der Waals surface area (Å²) in [6.07, 6.45) is 1.13. The molecule has 0 spiro atoms. The van der Waals surface area contributed by atoms with Crippen molar-refractivity contribution in [1.82, 2.24) is 20.2 Å². The summed E-state index contributed by atoms with van der Waals surface area (Å²) in [6, 6.07) is 0.417. The van der Waals surface area contributed by atoms with Gasteiger partial charge in [0.1, 0.15) is 26.2 Å². The van der Waals surface area contributed by atoms with Gasteiger partial charge < -0.3 is 9.80 Å². The minimum atomic E-state index is 0.417. The van der Waals surface area contributed by atoms with E-state index < -0.39 is 0 Å². The summed E-state index contributed by atoms with van der Waals surface area (Å²) >= 11 is 0. The highest BCUT2D eigenvalue weighted by molar-refractivity contribution is 4.89. The van der Waals surface area contributed by atoms with Gasteiger partial charge in [-0.05, 0) is 29.7 Å². The molecular formula is C16H34N6+2. The van der Waals surface area contributed by atoms with Crippen LogP contribution < -0.4 is 9.80 Å². The maximum absolute atomic E-state index is 4.40. The normalized spacial score (nSPS) is 24.1. The zero-order chi connectivity index (χ0) is 16.1. The van der Waals surface area contributed by atoms with Crippen LogP contribution in [0.2, 0.25) is 0 Å². The van der Waals surface area contributed by atoms with E-state index in [0.717, 1.165) is 18.8 Å². The Hall–Kier alpha value is -1.01. The third kappa shape index (κ3) is 4.26. The quantitative estimate of drug-likeness (QED) is 0.695. The van der Waals surface area contributed by atoms with Crippen molar-refractivity contribution in [3.05, 3.63) is 5.82 Å². The van der Waals surface area contributed by atoms with E-state index in [1.165, 1.54) is 32.7 Å². The molecule has 0 bridgehead atoms. The Morgan fingerprint density at radius 2 is 1.77 bits per heavy atom. The van der Waals surface area contributed by atoms with Crippen LogP contribution in [0.1, 0.15) is 52.9 Å². The van der Waals surface area contributed by atoms with E-state index in [-0.39, 0.29) is 0 Å². The van der Waals surface area contributed by atoms with Crippen LogP contribution in [0.4, 0.5) is 0 Å². The minimum Gasteiger partial charge on any atom is -0.326 e. The van der Waals surface area contributed by atoms with E-state index in [0.29, 0.717) is 17.9 Å². The average molecular weight is 310 g/mol. The SMILES string of the molecule is CC[NH+]1CC[NH+]([C@H](c2nnnn2CCC(C)C)C(C)C)CC1. The third-order valence-electron chi connectivity index (χ3n) is 4.96. The second-order valence-corrected chi connectivity index (χ2v) is 7.43. The zero-order valence-corrected chi connectivity index (χ0v) is 15.0. The van der Waals surface area contributed by atoms with Gasteiger partial charge in [-0.2, -0.15) is 0 Å². The van der Waals surface area contributed by atoms with Gasteiger partial charge in [0.2, 0.25) is 5.82 Å². The molecule has 0 aromatic carbocycles. The summed E-state index contributed by atoms with van der Waals surface area (Å²) in [4.78, 5) is 3.39. The molecule has 126 valence electrons. The molecule has 1 aliphatic heterocycles. The first-order valence-corrected chi connectivity index (χ1v) is 8.97. The van der Waals surface area contributed by atoms with Crippen molar-refractivity contribution in [2.75, 3.05) is 32.7 Å². The summed E-state index contributed by atoms with van der Waals surface area (Å²) < 4.78 is 2.05. The van der Waals surface area contributed by atoms with E-state index in [9.17, 15) is 0 Å². The molecule has 2 N–H and O–H groups in total. The number of hydrogen-bond donors (Lipinski definition) is 2. The Balaban J connectivity index is 2.10. The van der Waals surface area contributed by atoms with E-state index in [4.69, 9.17) is 0 Å². The highest BCUT2D eigenvalue weighted by atomic mass is 15.6. The molecule has 22 heavy (non-hydrogen) atoms. The van der Waals surface area contributed by atoms with E-state index in [2.05, 4.69) is 54.8 Å². The van der Waals surface area contributed by atoms with E-state index in [1.54, 1.807) is 9.80 Å². The summed E-state index contributed by atoms with van der Waals surface area (Å²) in [5.74, 6) is 2.33. The molecule has 2 rings (SSSR count). The smallest absolute Gasteiger partial charge is 0.209 e. The molecule has 1 aliphatic rings. The van der Waals surface area contributed by atoms with Crippen LogP contribution >= 0.6 is 0 Å². The molecule has 0 aliphatic carbocycles. The molecule has 0 saturated carbocycles. The lowest BCUT2D eigenvalue weighted by Crippen LogP contribution is -3.28. The molecule has 1 fully saturated rings. The van der Waals surface area contributed by atoms with Crippen molar-refractivity contribution in [2.45, 2.75) is 53.6 Å². The van der Waals surface area contributed by atoms with Crippen molar-refractivity contribution in [1.29, 1.82) is 0 Å². The van der Waals surface area contributed by atoms with E-state index >= 15 is 0 Å². The van der Waals surface area contributed by atoms with Crippen LogP contribution in [0.25, 0.3) is 0 Å². The molecular weight excluding hydrogens is 276 g/mol. The summed E-state index contributed by atoms with van der Waals surface area (Å²) in [6.45, 7) is 18.6. The lowest BCUT2D eigenvalue weighted by molar-refractivity contribution is -1.03. The Kier molecular flexibility index (Phi) is 6.32. The highest BCUT2D eigenvalue weighted by Gasteiger charge is 2.35. The number of aryl methyl sites for hydroxylation is 1. The fraction of sp³-hybridized carbons (Fsp3) is 0.938. The molecule has 1 aromatic rings. The second kappa shape index (κ2) is 8.02. The number of tetrazole rings is 1. The van der Waals surface area contributed by atoms with Gasteiger partial charge in [0.05, 0.1) is 6.54 Å². The minimum absolute atomic E-state index is 0.417. The van der Waals surface area contributed by atoms with Crippen LogP contribution in [0.3, 0.4) is 0 Å². The fourth-order valence-corrected chi connectivity index (χ4v) is 3.52. The molecule has 2 heterocycles.